The Morgan fingerprint density at radius 3 is 3.06 bits per heavy atom. The number of piperazine rings is 1. The van der Waals surface area contributed by atoms with Crippen molar-refractivity contribution in [2.45, 2.75) is 12.5 Å². The molecule has 2 rings (SSSR count). The van der Waals surface area contributed by atoms with Crippen molar-refractivity contribution in [1.29, 1.82) is 0 Å². The molecule has 1 saturated heterocycles. The number of rotatable bonds is 5. The van der Waals surface area contributed by atoms with Gasteiger partial charge >= 0.3 is 0 Å². The number of anilines is 2. The molecule has 6 nitrogen and oxygen atoms in total. The number of hydrogen-bond acceptors (Lipinski definition) is 6. The summed E-state index contributed by atoms with van der Waals surface area (Å²) in [5, 5.41) is 9.77. The summed E-state index contributed by atoms with van der Waals surface area (Å²) in [5.41, 5.74) is 0. The van der Waals surface area contributed by atoms with Crippen LogP contribution in [0.25, 0.3) is 0 Å². The first-order valence-electron chi connectivity index (χ1n) is 6.44. The lowest BCUT2D eigenvalue weighted by Crippen LogP contribution is -2.49. The van der Waals surface area contributed by atoms with Crippen LogP contribution in [0, 0.1) is 0 Å². The van der Waals surface area contributed by atoms with Crippen LogP contribution in [0.5, 0.6) is 0 Å². The van der Waals surface area contributed by atoms with E-state index in [1.165, 1.54) is 0 Å². The molecule has 0 aromatic carbocycles. The smallest absolute Gasteiger partial charge is 0.131 e. The average molecular weight is 250 g/mol. The SMILES string of the molecule is CNc1cc(NCCC2CNCCN2C)ncn1. The maximum absolute atomic E-state index is 4.20. The normalized spacial score (nSPS) is 20.7. The molecule has 0 spiro atoms. The Balaban J connectivity index is 1.77. The third-order valence-electron chi connectivity index (χ3n) is 3.35. The molecular weight excluding hydrogens is 228 g/mol. The van der Waals surface area contributed by atoms with Crippen LogP contribution in [0.2, 0.25) is 0 Å². The molecule has 0 saturated carbocycles. The highest BCUT2D eigenvalue weighted by atomic mass is 15.2. The Morgan fingerprint density at radius 2 is 2.28 bits per heavy atom. The molecule has 1 unspecified atom stereocenters. The maximum atomic E-state index is 4.20. The van der Waals surface area contributed by atoms with Crippen LogP contribution in [-0.2, 0) is 0 Å². The third kappa shape index (κ3) is 3.54. The number of nitrogens with zero attached hydrogens (tertiary/aromatic N) is 3. The van der Waals surface area contributed by atoms with Gasteiger partial charge in [0.2, 0.25) is 0 Å². The van der Waals surface area contributed by atoms with E-state index in [-0.39, 0.29) is 0 Å². The van der Waals surface area contributed by atoms with Crippen LogP contribution in [0.3, 0.4) is 0 Å². The van der Waals surface area contributed by atoms with Gasteiger partial charge in [0.05, 0.1) is 0 Å². The van der Waals surface area contributed by atoms with Crippen molar-refractivity contribution in [1.82, 2.24) is 20.2 Å². The highest BCUT2D eigenvalue weighted by Gasteiger charge is 2.17. The predicted octanol–water partition coefficient (Wildman–Crippen LogP) is 0.224. The van der Waals surface area contributed by atoms with Crippen molar-refractivity contribution in [3.63, 3.8) is 0 Å². The summed E-state index contributed by atoms with van der Waals surface area (Å²) in [7, 11) is 4.05. The van der Waals surface area contributed by atoms with Crippen LogP contribution in [-0.4, -0.2) is 61.2 Å². The van der Waals surface area contributed by atoms with E-state index in [9.17, 15) is 0 Å². The number of hydrogen-bond donors (Lipinski definition) is 3. The zero-order valence-electron chi connectivity index (χ0n) is 11.1. The second-order valence-electron chi connectivity index (χ2n) is 4.59. The van der Waals surface area contributed by atoms with Crippen molar-refractivity contribution in [2.75, 3.05) is 50.9 Å². The van der Waals surface area contributed by atoms with Gasteiger partial charge in [-0.05, 0) is 13.5 Å². The van der Waals surface area contributed by atoms with Crippen molar-refractivity contribution in [3.05, 3.63) is 12.4 Å². The Hall–Kier alpha value is -1.40. The van der Waals surface area contributed by atoms with Crippen LogP contribution in [0.4, 0.5) is 11.6 Å². The van der Waals surface area contributed by atoms with Gasteiger partial charge in [0.1, 0.15) is 18.0 Å². The Bertz CT molecular complexity index is 369. The van der Waals surface area contributed by atoms with E-state index in [4.69, 9.17) is 0 Å². The minimum Gasteiger partial charge on any atom is -0.373 e. The van der Waals surface area contributed by atoms with Crippen LogP contribution in [0.1, 0.15) is 6.42 Å². The van der Waals surface area contributed by atoms with Crippen molar-refractivity contribution in [3.8, 4) is 0 Å². The maximum Gasteiger partial charge on any atom is 0.131 e. The standard InChI is InChI=1S/C12H22N6/c1-13-11-7-12(17-9-16-11)15-4-3-10-8-14-5-6-18(10)2/h7,9-10,14H,3-6,8H2,1-2H3,(H2,13,15,16,17). The van der Waals surface area contributed by atoms with Crippen molar-refractivity contribution < 1.29 is 0 Å². The summed E-state index contributed by atoms with van der Waals surface area (Å²) in [4.78, 5) is 10.7. The Morgan fingerprint density at radius 1 is 1.44 bits per heavy atom. The lowest BCUT2D eigenvalue weighted by molar-refractivity contribution is 0.194. The zero-order chi connectivity index (χ0) is 12.8. The Labute approximate surface area is 108 Å². The summed E-state index contributed by atoms with van der Waals surface area (Å²) >= 11 is 0. The van der Waals surface area contributed by atoms with Gasteiger partial charge in [-0.2, -0.15) is 0 Å². The third-order valence-corrected chi connectivity index (χ3v) is 3.35. The van der Waals surface area contributed by atoms with E-state index < -0.39 is 0 Å². The molecule has 1 fully saturated rings. The monoisotopic (exact) mass is 250 g/mol. The molecule has 1 aliphatic rings. The van der Waals surface area contributed by atoms with Gasteiger partial charge in [0.15, 0.2) is 0 Å². The van der Waals surface area contributed by atoms with Gasteiger partial charge in [0.25, 0.3) is 0 Å². The zero-order valence-corrected chi connectivity index (χ0v) is 11.1. The predicted molar refractivity (Wildman–Crippen MR) is 74.0 cm³/mol. The van der Waals surface area contributed by atoms with Crippen LogP contribution < -0.4 is 16.0 Å². The van der Waals surface area contributed by atoms with Gasteiger partial charge in [-0.1, -0.05) is 0 Å². The molecule has 1 atom stereocenters. The van der Waals surface area contributed by atoms with E-state index >= 15 is 0 Å². The van der Waals surface area contributed by atoms with E-state index in [1.54, 1.807) is 6.33 Å². The summed E-state index contributed by atoms with van der Waals surface area (Å²) < 4.78 is 0. The van der Waals surface area contributed by atoms with Gasteiger partial charge < -0.3 is 20.9 Å². The highest BCUT2D eigenvalue weighted by Crippen LogP contribution is 2.09. The first kappa shape index (κ1) is 13.0. The Kier molecular flexibility index (Phi) is 4.72. The van der Waals surface area contributed by atoms with Crippen LogP contribution in [0.15, 0.2) is 12.4 Å². The molecule has 100 valence electrons. The molecule has 0 amide bonds. The van der Waals surface area contributed by atoms with E-state index in [0.717, 1.165) is 44.2 Å². The first-order chi connectivity index (χ1) is 8.79. The minimum absolute atomic E-state index is 0.608. The fourth-order valence-electron chi connectivity index (χ4n) is 2.14. The molecule has 2 heterocycles. The fraction of sp³-hybridized carbons (Fsp3) is 0.667. The second kappa shape index (κ2) is 6.51. The average Bonchev–Trinajstić information content (AvgIpc) is 2.41. The lowest BCUT2D eigenvalue weighted by atomic mass is 10.1. The van der Waals surface area contributed by atoms with Gasteiger partial charge in [-0.15, -0.1) is 0 Å². The molecule has 1 aromatic heterocycles. The number of likely N-dealkylation sites (N-methyl/N-ethyl adjacent to an activating group) is 1. The van der Waals surface area contributed by atoms with Gasteiger partial charge in [-0.25, -0.2) is 9.97 Å². The van der Waals surface area contributed by atoms with E-state index in [0.29, 0.717) is 6.04 Å². The van der Waals surface area contributed by atoms with E-state index in [2.05, 4.69) is 37.9 Å². The fourth-order valence-corrected chi connectivity index (χ4v) is 2.14. The van der Waals surface area contributed by atoms with Gasteiger partial charge in [0, 0.05) is 45.3 Å². The van der Waals surface area contributed by atoms with E-state index in [1.807, 2.05) is 13.1 Å². The molecule has 1 aromatic rings. The number of aromatic nitrogens is 2. The molecule has 0 aliphatic carbocycles. The molecule has 1 aliphatic heterocycles. The molecule has 3 N–H and O–H groups in total. The van der Waals surface area contributed by atoms with Crippen molar-refractivity contribution in [2.24, 2.45) is 0 Å². The molecule has 18 heavy (non-hydrogen) atoms. The minimum atomic E-state index is 0.608. The quantitative estimate of drug-likeness (QED) is 0.695. The topological polar surface area (TPSA) is 65.1 Å². The summed E-state index contributed by atoms with van der Waals surface area (Å²) in [6, 6.07) is 2.53. The summed E-state index contributed by atoms with van der Waals surface area (Å²) in [5.74, 6) is 1.71. The molecule has 6 heteroatoms. The van der Waals surface area contributed by atoms with Crippen molar-refractivity contribution >= 4 is 11.6 Å². The first-order valence-corrected chi connectivity index (χ1v) is 6.44. The highest BCUT2D eigenvalue weighted by molar-refractivity contribution is 5.45. The van der Waals surface area contributed by atoms with Gasteiger partial charge in [-0.3, -0.25) is 0 Å². The second-order valence-corrected chi connectivity index (χ2v) is 4.59. The number of nitrogens with one attached hydrogen (secondary N) is 3. The summed E-state index contributed by atoms with van der Waals surface area (Å²) in [6.45, 7) is 4.22. The summed E-state index contributed by atoms with van der Waals surface area (Å²) in [6.07, 6.45) is 2.69. The lowest BCUT2D eigenvalue weighted by Gasteiger charge is -2.33. The molecule has 0 radical (unpaired) electrons. The molecule has 0 bridgehead atoms. The largest absolute Gasteiger partial charge is 0.373 e. The van der Waals surface area contributed by atoms with Crippen LogP contribution >= 0.6 is 0 Å². The molecular formula is C12H22N6.